The molecule has 0 aromatic heterocycles. The van der Waals surface area contributed by atoms with Crippen molar-refractivity contribution < 1.29 is 0 Å². The molecule has 0 unspecified atom stereocenters. The Bertz CT molecular complexity index is 441. The van der Waals surface area contributed by atoms with E-state index in [2.05, 4.69) is 41.4 Å². The summed E-state index contributed by atoms with van der Waals surface area (Å²) in [5, 5.41) is 0. The molecule has 2 heteroatoms. The van der Waals surface area contributed by atoms with E-state index in [9.17, 15) is 0 Å². The molecule has 1 heterocycles. The predicted molar refractivity (Wildman–Crippen MR) is 57.3 cm³/mol. The summed E-state index contributed by atoms with van der Waals surface area (Å²) in [7, 11) is 0. The zero-order chi connectivity index (χ0) is 7.97. The van der Waals surface area contributed by atoms with Gasteiger partial charge >= 0.3 is 0 Å². The molecule has 1 aromatic carbocycles. The highest BCUT2D eigenvalue weighted by Crippen LogP contribution is 2.28. The number of benzene rings is 1. The predicted octanol–water partition coefficient (Wildman–Crippen LogP) is 2.82. The van der Waals surface area contributed by atoms with Gasteiger partial charge in [0, 0.05) is 17.3 Å². The fraction of sp³-hybridized carbons (Fsp3) is 0. The van der Waals surface area contributed by atoms with Gasteiger partial charge in [-0.05, 0) is 17.7 Å². The second-order valence-electron chi connectivity index (χ2n) is 2.98. The number of hydrogen-bond donors (Lipinski definition) is 0. The second kappa shape index (κ2) is 2.86. The number of nitrogens with zero attached hydrogens (tertiary/aromatic N) is 1. The van der Waals surface area contributed by atoms with Crippen molar-refractivity contribution in [1.82, 2.24) is 0 Å². The van der Waals surface area contributed by atoms with Crippen LogP contribution in [0.4, 0.5) is 0 Å². The van der Waals surface area contributed by atoms with Crippen LogP contribution in [0.25, 0.3) is 6.08 Å². The van der Waals surface area contributed by atoms with Crippen molar-refractivity contribution in [3.8, 4) is 0 Å². The molecule has 0 fully saturated rings. The molecule has 0 bridgehead atoms. The van der Waals surface area contributed by atoms with Gasteiger partial charge in [-0.3, -0.25) is 4.99 Å². The van der Waals surface area contributed by atoms with Gasteiger partial charge < -0.3 is 0 Å². The summed E-state index contributed by atoms with van der Waals surface area (Å²) in [5.41, 5.74) is 4.93. The average molecular weight is 190 g/mol. The third kappa shape index (κ3) is 1.04. The normalized spacial score (nSPS) is 15.7. The zero-order valence-electron chi connectivity index (χ0n) is 6.90. The molecule has 0 spiro atoms. The second-order valence-corrected chi connectivity index (χ2v) is 2.98. The van der Waals surface area contributed by atoms with E-state index in [1.807, 2.05) is 6.20 Å². The van der Waals surface area contributed by atoms with Crippen LogP contribution in [0, 0.1) is 0 Å². The molecule has 0 saturated carbocycles. The van der Waals surface area contributed by atoms with Crippen molar-refractivity contribution in [3.63, 3.8) is 0 Å². The van der Waals surface area contributed by atoms with E-state index in [1.54, 1.807) is 0 Å². The number of hydrogen-bond acceptors (Lipinski definition) is 1. The van der Waals surface area contributed by atoms with Crippen molar-refractivity contribution in [1.29, 1.82) is 0 Å². The minimum Gasteiger partial charge on any atom is -0.256 e. The smallest absolute Gasteiger partial charge is 0.0781 e. The molecule has 1 aliphatic heterocycles. The molecule has 0 saturated heterocycles. The molecule has 64 valence electrons. The van der Waals surface area contributed by atoms with Gasteiger partial charge in [0.1, 0.15) is 0 Å². The summed E-state index contributed by atoms with van der Waals surface area (Å²) in [6.07, 6.45) is 6.09. The van der Waals surface area contributed by atoms with E-state index in [-0.39, 0.29) is 12.4 Å². The van der Waals surface area contributed by atoms with Gasteiger partial charge in [-0.1, -0.05) is 24.3 Å². The van der Waals surface area contributed by atoms with Crippen molar-refractivity contribution in [3.05, 3.63) is 53.2 Å². The molecular formula is C11H8ClN. The number of halogens is 1. The molecule has 1 aromatic rings. The van der Waals surface area contributed by atoms with E-state index in [0.29, 0.717) is 0 Å². The Morgan fingerprint density at radius 3 is 2.85 bits per heavy atom. The first-order valence-corrected chi connectivity index (χ1v) is 4.01. The van der Waals surface area contributed by atoms with E-state index in [1.165, 1.54) is 16.7 Å². The Kier molecular flexibility index (Phi) is 1.82. The molecular weight excluding hydrogens is 182 g/mol. The molecule has 0 N–H and O–H groups in total. The fourth-order valence-corrected chi connectivity index (χ4v) is 1.69. The van der Waals surface area contributed by atoms with Crippen LogP contribution >= 0.6 is 12.4 Å². The van der Waals surface area contributed by atoms with Crippen LogP contribution in [0.5, 0.6) is 0 Å². The monoisotopic (exact) mass is 189 g/mol. The third-order valence-corrected chi connectivity index (χ3v) is 2.26. The van der Waals surface area contributed by atoms with Crippen molar-refractivity contribution >= 4 is 24.2 Å². The minimum absolute atomic E-state index is 0. The highest BCUT2D eigenvalue weighted by Gasteiger charge is 2.19. The Labute approximate surface area is 82.9 Å². The minimum atomic E-state index is 0. The summed E-state index contributed by atoms with van der Waals surface area (Å²) in [6.45, 7) is 0. The molecule has 1 aliphatic carbocycles. The quantitative estimate of drug-likeness (QED) is 0.595. The lowest BCUT2D eigenvalue weighted by Crippen LogP contribution is -1.94. The Hall–Kier alpha value is -1.34. The maximum Gasteiger partial charge on any atom is 0.0781 e. The van der Waals surface area contributed by atoms with Gasteiger partial charge in [0.15, 0.2) is 0 Å². The Morgan fingerprint density at radius 1 is 1.08 bits per heavy atom. The van der Waals surface area contributed by atoms with Gasteiger partial charge in [-0.25, -0.2) is 0 Å². The van der Waals surface area contributed by atoms with Gasteiger partial charge in [0.05, 0.1) is 5.71 Å². The highest BCUT2D eigenvalue weighted by molar-refractivity contribution is 6.23. The van der Waals surface area contributed by atoms with E-state index in [4.69, 9.17) is 0 Å². The highest BCUT2D eigenvalue weighted by atomic mass is 35.5. The summed E-state index contributed by atoms with van der Waals surface area (Å²) < 4.78 is 0. The van der Waals surface area contributed by atoms with Crippen LogP contribution < -0.4 is 0 Å². The molecule has 0 amide bonds. The molecule has 2 aliphatic rings. The van der Waals surface area contributed by atoms with Crippen LogP contribution in [0.1, 0.15) is 11.1 Å². The van der Waals surface area contributed by atoms with Gasteiger partial charge in [-0.2, -0.15) is 0 Å². The van der Waals surface area contributed by atoms with Crippen molar-refractivity contribution in [2.45, 2.75) is 0 Å². The molecule has 3 rings (SSSR count). The standard InChI is InChI=1S/C11H7N.ClH/c1-2-4-10-8(3-1)7-9-5-6-12-11(9)10;/h1-7H;1H. The van der Waals surface area contributed by atoms with Crippen molar-refractivity contribution in [2.75, 3.05) is 0 Å². The maximum absolute atomic E-state index is 4.31. The summed E-state index contributed by atoms with van der Waals surface area (Å²) in [4.78, 5) is 4.31. The molecule has 0 radical (unpaired) electrons. The number of aliphatic imine (C=N–C) groups is 1. The Morgan fingerprint density at radius 2 is 1.92 bits per heavy atom. The van der Waals surface area contributed by atoms with E-state index in [0.717, 1.165) is 5.71 Å². The Balaban J connectivity index is 0.000000653. The zero-order valence-corrected chi connectivity index (χ0v) is 7.71. The average Bonchev–Trinajstić information content (AvgIpc) is 2.62. The molecule has 1 nitrogen and oxygen atoms in total. The van der Waals surface area contributed by atoms with Crippen LogP contribution in [-0.4, -0.2) is 5.71 Å². The third-order valence-electron chi connectivity index (χ3n) is 2.26. The van der Waals surface area contributed by atoms with Crippen molar-refractivity contribution in [2.24, 2.45) is 4.99 Å². The van der Waals surface area contributed by atoms with Crippen LogP contribution in [0.2, 0.25) is 0 Å². The first-order chi connectivity index (χ1) is 5.95. The first-order valence-electron chi connectivity index (χ1n) is 4.01. The lowest BCUT2D eigenvalue weighted by atomic mass is 10.1. The summed E-state index contributed by atoms with van der Waals surface area (Å²) in [5.74, 6) is 0. The lowest BCUT2D eigenvalue weighted by molar-refractivity contribution is 1.57. The summed E-state index contributed by atoms with van der Waals surface area (Å²) in [6, 6.07) is 8.35. The maximum atomic E-state index is 4.31. The lowest BCUT2D eigenvalue weighted by Gasteiger charge is -1.96. The topological polar surface area (TPSA) is 12.4 Å². The van der Waals surface area contributed by atoms with Crippen LogP contribution in [0.15, 0.2) is 47.1 Å². The van der Waals surface area contributed by atoms with Gasteiger partial charge in [0.25, 0.3) is 0 Å². The number of fused-ring (bicyclic) bond motifs is 3. The largest absolute Gasteiger partial charge is 0.256 e. The SMILES string of the molecule is C1=CC2=Cc3ccccc3C2=N1.Cl. The first kappa shape index (κ1) is 8.27. The van der Waals surface area contributed by atoms with Gasteiger partial charge in [-0.15, -0.1) is 12.4 Å². The number of rotatable bonds is 0. The fourth-order valence-electron chi connectivity index (χ4n) is 1.69. The van der Waals surface area contributed by atoms with E-state index < -0.39 is 0 Å². The van der Waals surface area contributed by atoms with Crippen LogP contribution in [-0.2, 0) is 0 Å². The van der Waals surface area contributed by atoms with E-state index >= 15 is 0 Å². The van der Waals surface area contributed by atoms with Crippen LogP contribution in [0.3, 0.4) is 0 Å². The number of allylic oxidation sites excluding steroid dienone is 2. The molecule has 13 heavy (non-hydrogen) atoms. The summed E-state index contributed by atoms with van der Waals surface area (Å²) >= 11 is 0. The molecule has 0 atom stereocenters. The van der Waals surface area contributed by atoms with Gasteiger partial charge in [0.2, 0.25) is 0 Å².